The zero-order valence-corrected chi connectivity index (χ0v) is 45.4. The topological polar surface area (TPSA) is 41.6 Å². The van der Waals surface area contributed by atoms with E-state index in [1.54, 1.807) is 0 Å². The number of anilines is 6. The summed E-state index contributed by atoms with van der Waals surface area (Å²) in [6.07, 6.45) is 0. The zero-order chi connectivity index (χ0) is 53.5. The maximum absolute atomic E-state index is 6.57. The lowest BCUT2D eigenvalue weighted by Gasteiger charge is -2.27. The minimum absolute atomic E-state index is 0.0694. The molecule has 0 bridgehead atoms. The number of hydrogen-bond donors (Lipinski definition) is 0. The molecule has 0 saturated heterocycles. The monoisotopic (exact) mass is 1030 g/mol. The van der Waals surface area contributed by atoms with Crippen LogP contribution in [0.1, 0.15) is 52.7 Å². The first kappa shape index (κ1) is 45.3. The van der Waals surface area contributed by atoms with E-state index in [-0.39, 0.29) is 10.8 Å². The highest BCUT2D eigenvalue weighted by Gasteiger charge is 2.31. The van der Waals surface area contributed by atoms with Gasteiger partial charge in [0.05, 0.1) is 66.6 Å². The van der Waals surface area contributed by atoms with Gasteiger partial charge in [-0.3, -0.25) is 0 Å². The number of aromatic nitrogens is 2. The molecular formula is C74H54N4O2. The van der Waals surface area contributed by atoms with Gasteiger partial charge in [-0.1, -0.05) is 151 Å². The number of benzene rings is 11. The van der Waals surface area contributed by atoms with Gasteiger partial charge in [0.15, 0.2) is 0 Å². The van der Waals surface area contributed by atoms with E-state index >= 15 is 0 Å². The molecule has 0 aliphatic carbocycles. The Hall–Kier alpha value is -9.78. The van der Waals surface area contributed by atoms with Crippen LogP contribution in [-0.2, 0) is 10.8 Å². The molecule has 0 saturated carbocycles. The van der Waals surface area contributed by atoms with Crippen molar-refractivity contribution in [1.82, 2.24) is 8.80 Å². The first-order valence-corrected chi connectivity index (χ1v) is 27.9. The van der Waals surface area contributed by atoms with E-state index in [0.717, 1.165) is 78.0 Å². The number of para-hydroxylation sites is 4. The summed E-state index contributed by atoms with van der Waals surface area (Å²) < 4.78 is 18.3. The molecule has 6 aromatic heterocycles. The van der Waals surface area contributed by atoms with Crippen LogP contribution in [0.25, 0.3) is 120 Å². The van der Waals surface area contributed by atoms with E-state index in [1.165, 1.54) is 87.3 Å². The molecule has 0 aliphatic rings. The predicted octanol–water partition coefficient (Wildman–Crippen LogP) is 21.3. The molecule has 17 rings (SSSR count). The zero-order valence-electron chi connectivity index (χ0n) is 45.4. The molecule has 0 spiro atoms. The van der Waals surface area contributed by atoms with Crippen LogP contribution in [0.5, 0.6) is 0 Å². The fourth-order valence-corrected chi connectivity index (χ4v) is 13.7. The van der Waals surface area contributed by atoms with Crippen molar-refractivity contribution in [3.63, 3.8) is 0 Å². The second-order valence-electron chi connectivity index (χ2n) is 24.1. The molecule has 0 radical (unpaired) electrons. The van der Waals surface area contributed by atoms with Gasteiger partial charge < -0.3 is 27.4 Å². The Kier molecular flexibility index (Phi) is 9.01. The van der Waals surface area contributed by atoms with Crippen LogP contribution < -0.4 is 9.80 Å². The summed E-state index contributed by atoms with van der Waals surface area (Å²) in [5.41, 5.74) is 19.7. The highest BCUT2D eigenvalue weighted by molar-refractivity contribution is 6.33. The molecule has 6 nitrogen and oxygen atoms in total. The Balaban J connectivity index is 0.987. The van der Waals surface area contributed by atoms with Gasteiger partial charge in [-0.05, 0) is 131 Å². The lowest BCUT2D eigenvalue weighted by Crippen LogP contribution is -2.11. The predicted molar refractivity (Wildman–Crippen MR) is 337 cm³/mol. The summed E-state index contributed by atoms with van der Waals surface area (Å²) in [5, 5.41) is 14.2. The average molecular weight is 1030 g/mol. The van der Waals surface area contributed by atoms with Gasteiger partial charge in [-0.2, -0.15) is 0 Å². The third kappa shape index (κ3) is 6.13. The second-order valence-corrected chi connectivity index (χ2v) is 24.1. The molecule has 80 heavy (non-hydrogen) atoms. The fourth-order valence-electron chi connectivity index (χ4n) is 13.7. The molecular weight excluding hydrogens is 977 g/mol. The summed E-state index contributed by atoms with van der Waals surface area (Å²) in [4.78, 5) is 4.94. The largest absolute Gasteiger partial charge is 0.456 e. The minimum Gasteiger partial charge on any atom is -0.456 e. The Bertz CT molecular complexity index is 5050. The molecule has 6 heterocycles. The van der Waals surface area contributed by atoms with Gasteiger partial charge in [0.25, 0.3) is 0 Å². The smallest absolute Gasteiger partial charge is 0.137 e. The van der Waals surface area contributed by atoms with Crippen molar-refractivity contribution in [2.24, 2.45) is 0 Å². The van der Waals surface area contributed by atoms with Gasteiger partial charge in [-0.15, -0.1) is 0 Å². The van der Waals surface area contributed by atoms with Crippen LogP contribution in [0, 0.1) is 0 Å². The van der Waals surface area contributed by atoms with Crippen LogP contribution >= 0.6 is 0 Å². The number of hydrogen-bond acceptors (Lipinski definition) is 4. The molecule has 0 amide bonds. The van der Waals surface area contributed by atoms with Gasteiger partial charge >= 0.3 is 0 Å². The number of furan rings is 2. The average Bonchev–Trinajstić information content (AvgIpc) is 4.51. The van der Waals surface area contributed by atoms with E-state index in [1.807, 2.05) is 0 Å². The van der Waals surface area contributed by atoms with E-state index in [4.69, 9.17) is 8.83 Å². The fraction of sp³-hybridized carbons (Fsp3) is 0.108. The van der Waals surface area contributed by atoms with Crippen LogP contribution in [0.4, 0.5) is 34.1 Å². The van der Waals surface area contributed by atoms with Crippen LogP contribution in [0.2, 0.25) is 0 Å². The highest BCUT2D eigenvalue weighted by atomic mass is 16.3. The van der Waals surface area contributed by atoms with Gasteiger partial charge in [-0.25, -0.2) is 0 Å². The summed E-state index contributed by atoms with van der Waals surface area (Å²) in [5.74, 6) is 0. The van der Waals surface area contributed by atoms with Crippen molar-refractivity contribution in [3.8, 4) is 0 Å². The first-order valence-electron chi connectivity index (χ1n) is 27.9. The summed E-state index contributed by atoms with van der Waals surface area (Å²) >= 11 is 0. The van der Waals surface area contributed by atoms with E-state index in [0.29, 0.717) is 0 Å². The summed E-state index contributed by atoms with van der Waals surface area (Å²) in [6, 6.07) is 80.4. The maximum atomic E-state index is 6.57. The molecule has 0 aliphatic heterocycles. The van der Waals surface area contributed by atoms with Gasteiger partial charge in [0, 0.05) is 65.2 Å². The normalized spacial score (nSPS) is 12.9. The van der Waals surface area contributed by atoms with Crippen molar-refractivity contribution in [2.45, 2.75) is 52.4 Å². The summed E-state index contributed by atoms with van der Waals surface area (Å²) in [7, 11) is 0. The second kappa shape index (κ2) is 15.9. The molecule has 0 fully saturated rings. The van der Waals surface area contributed by atoms with E-state index < -0.39 is 0 Å². The lowest BCUT2D eigenvalue weighted by atomic mass is 9.86. The Morgan fingerprint density at radius 1 is 0.287 bits per heavy atom. The van der Waals surface area contributed by atoms with Crippen molar-refractivity contribution in [3.05, 3.63) is 230 Å². The number of fused-ring (bicyclic) bond motifs is 18. The minimum atomic E-state index is -0.0694. The van der Waals surface area contributed by atoms with Crippen LogP contribution in [-0.4, -0.2) is 8.80 Å². The Morgan fingerprint density at radius 2 is 0.675 bits per heavy atom. The van der Waals surface area contributed by atoms with Gasteiger partial charge in [0.2, 0.25) is 0 Å². The van der Waals surface area contributed by atoms with Crippen molar-refractivity contribution < 1.29 is 8.83 Å². The van der Waals surface area contributed by atoms with Crippen molar-refractivity contribution in [1.29, 1.82) is 0 Å². The molecule has 0 N–H and O–H groups in total. The van der Waals surface area contributed by atoms with Crippen LogP contribution in [0.3, 0.4) is 0 Å². The molecule has 382 valence electrons. The molecule has 6 heteroatoms. The molecule has 0 unspecified atom stereocenters. The maximum Gasteiger partial charge on any atom is 0.137 e. The SMILES string of the molecule is CC(C)(C)c1ccc2c(c1)c1c(N(c3ccccc3)c3cccc4oc5ccccc5c34)ccc3c4cc5c(cc4n2c31)c1ccc(N(c2ccccc2)c2cccc3oc4ccccc4c23)c2c3cc(C(C)(C)C)ccc3n5c12. The van der Waals surface area contributed by atoms with Gasteiger partial charge in [0.1, 0.15) is 22.3 Å². The van der Waals surface area contributed by atoms with Crippen LogP contribution in [0.15, 0.2) is 227 Å². The third-order valence-electron chi connectivity index (χ3n) is 17.4. The quantitative estimate of drug-likeness (QED) is 0.166. The Morgan fingerprint density at radius 3 is 1.10 bits per heavy atom. The Labute approximate surface area is 461 Å². The standard InChI is InChI=1S/C74H54N4O2/c1-73(2,3)43-31-35-55-53(39-43)69-59(75(45-19-9-7-10-20-45)57-25-17-29-65-67(57)49-23-13-15-27-63(49)79-65)37-33-47-51-42-62-52(41-61(51)77(55)71(47)69)48-34-38-60(70-54-40-44(74(4,5)6)32-36-56(54)78(62)72(48)70)76(46-21-11-8-12-22-46)58-26-18-30-66-68(58)50-24-14-16-28-64(50)80-66/h7-42H,1-6H3. The lowest BCUT2D eigenvalue weighted by molar-refractivity contribution is 0.591. The summed E-state index contributed by atoms with van der Waals surface area (Å²) in [6.45, 7) is 13.9. The highest BCUT2D eigenvalue weighted by Crippen LogP contribution is 2.54. The van der Waals surface area contributed by atoms with E-state index in [9.17, 15) is 0 Å². The first-order chi connectivity index (χ1) is 39.0. The van der Waals surface area contributed by atoms with Crippen molar-refractivity contribution in [2.75, 3.05) is 9.80 Å². The molecule has 11 aromatic carbocycles. The third-order valence-corrected chi connectivity index (χ3v) is 17.4. The number of rotatable bonds is 6. The van der Waals surface area contributed by atoms with E-state index in [2.05, 4.69) is 279 Å². The molecule has 17 aromatic rings. The number of nitrogens with zero attached hydrogens (tertiary/aromatic N) is 4. The van der Waals surface area contributed by atoms with Crippen molar-refractivity contribution >= 4 is 154 Å². The molecule has 0 atom stereocenters.